The van der Waals surface area contributed by atoms with E-state index in [1.807, 2.05) is 24.5 Å². The highest BCUT2D eigenvalue weighted by molar-refractivity contribution is 9.10. The van der Waals surface area contributed by atoms with Crippen LogP contribution in [-0.4, -0.2) is 40.2 Å². The smallest absolute Gasteiger partial charge is 0.136 e. The van der Waals surface area contributed by atoms with Crippen LogP contribution in [0.4, 0.5) is 0 Å². The number of pyridine rings is 1. The Morgan fingerprint density at radius 2 is 2.37 bits per heavy atom. The maximum absolute atomic E-state index is 9.73. The number of halogens is 1. The first kappa shape index (κ1) is 13.1. The van der Waals surface area contributed by atoms with E-state index in [0.717, 1.165) is 35.4 Å². The zero-order chi connectivity index (χ0) is 13.2. The Balaban J connectivity index is 1.63. The number of aliphatic hydroxyl groups is 1. The highest BCUT2D eigenvalue weighted by Crippen LogP contribution is 2.14. The maximum Gasteiger partial charge on any atom is 0.136 e. The SMILES string of the molecule is OC1CNCC1CNCc1cnc2ccc(Br)cn12. The van der Waals surface area contributed by atoms with E-state index < -0.39 is 0 Å². The maximum atomic E-state index is 9.73. The molecule has 1 saturated heterocycles. The number of nitrogens with one attached hydrogen (secondary N) is 2. The summed E-state index contributed by atoms with van der Waals surface area (Å²) >= 11 is 3.47. The van der Waals surface area contributed by atoms with E-state index in [0.29, 0.717) is 12.5 Å². The molecule has 0 amide bonds. The van der Waals surface area contributed by atoms with Crippen molar-refractivity contribution in [3.8, 4) is 0 Å². The average Bonchev–Trinajstić information content (AvgIpc) is 2.97. The molecular weight excluding hydrogens is 308 g/mol. The summed E-state index contributed by atoms with van der Waals surface area (Å²) in [5.41, 5.74) is 2.07. The molecule has 19 heavy (non-hydrogen) atoms. The van der Waals surface area contributed by atoms with Crippen LogP contribution < -0.4 is 10.6 Å². The molecule has 0 aliphatic carbocycles. The molecule has 102 valence electrons. The fraction of sp³-hybridized carbons (Fsp3) is 0.462. The van der Waals surface area contributed by atoms with Crippen LogP contribution >= 0.6 is 15.9 Å². The van der Waals surface area contributed by atoms with Gasteiger partial charge in [0.25, 0.3) is 0 Å². The van der Waals surface area contributed by atoms with Gasteiger partial charge >= 0.3 is 0 Å². The number of aromatic nitrogens is 2. The lowest BCUT2D eigenvalue weighted by Crippen LogP contribution is -2.30. The molecule has 3 N–H and O–H groups in total. The standard InChI is InChI=1S/C13H17BrN4O/c14-10-1-2-13-17-6-11(18(13)8-10)5-15-3-9-4-16-7-12(9)19/h1-2,6,8-9,12,15-16,19H,3-5,7H2. The van der Waals surface area contributed by atoms with Gasteiger partial charge in [-0.1, -0.05) is 0 Å². The van der Waals surface area contributed by atoms with Crippen LogP contribution in [0.25, 0.3) is 5.65 Å². The van der Waals surface area contributed by atoms with Crippen molar-refractivity contribution in [1.82, 2.24) is 20.0 Å². The van der Waals surface area contributed by atoms with Crippen molar-refractivity contribution < 1.29 is 5.11 Å². The number of nitrogens with zero attached hydrogens (tertiary/aromatic N) is 2. The first-order valence-electron chi connectivity index (χ1n) is 6.45. The third-order valence-corrected chi connectivity index (χ3v) is 4.03. The lowest BCUT2D eigenvalue weighted by molar-refractivity contribution is 0.146. The predicted octanol–water partition coefficient (Wildman–Crippen LogP) is 0.767. The summed E-state index contributed by atoms with van der Waals surface area (Å²) in [6.45, 7) is 3.15. The van der Waals surface area contributed by atoms with Crippen LogP contribution in [-0.2, 0) is 6.54 Å². The molecule has 1 fully saturated rings. The second kappa shape index (κ2) is 5.58. The van der Waals surface area contributed by atoms with Crippen LogP contribution in [0, 0.1) is 5.92 Å². The second-order valence-corrected chi connectivity index (χ2v) is 5.86. The molecule has 2 aromatic rings. The van der Waals surface area contributed by atoms with E-state index in [-0.39, 0.29) is 6.10 Å². The Morgan fingerprint density at radius 1 is 1.47 bits per heavy atom. The van der Waals surface area contributed by atoms with Gasteiger partial charge in [0.2, 0.25) is 0 Å². The van der Waals surface area contributed by atoms with E-state index >= 15 is 0 Å². The van der Waals surface area contributed by atoms with E-state index in [1.165, 1.54) is 0 Å². The molecule has 1 aliphatic heterocycles. The summed E-state index contributed by atoms with van der Waals surface area (Å²) in [4.78, 5) is 4.37. The van der Waals surface area contributed by atoms with Crippen molar-refractivity contribution in [3.63, 3.8) is 0 Å². The minimum atomic E-state index is -0.233. The van der Waals surface area contributed by atoms with Crippen LogP contribution in [0.15, 0.2) is 29.0 Å². The lowest BCUT2D eigenvalue weighted by atomic mass is 10.1. The third kappa shape index (κ3) is 2.81. The molecule has 0 saturated carbocycles. The minimum absolute atomic E-state index is 0.233. The van der Waals surface area contributed by atoms with Crippen molar-refractivity contribution in [2.45, 2.75) is 12.6 Å². The van der Waals surface area contributed by atoms with Gasteiger partial charge < -0.3 is 20.1 Å². The zero-order valence-electron chi connectivity index (χ0n) is 10.5. The molecule has 0 radical (unpaired) electrons. The summed E-state index contributed by atoms with van der Waals surface area (Å²) in [7, 11) is 0. The van der Waals surface area contributed by atoms with Crippen LogP contribution in [0.5, 0.6) is 0 Å². The van der Waals surface area contributed by atoms with Gasteiger partial charge in [-0.25, -0.2) is 4.98 Å². The molecular formula is C13H17BrN4O. The Hall–Kier alpha value is -0.950. The normalized spacial score (nSPS) is 23.3. The largest absolute Gasteiger partial charge is 0.391 e. The predicted molar refractivity (Wildman–Crippen MR) is 77.0 cm³/mol. The van der Waals surface area contributed by atoms with Crippen LogP contribution in [0.3, 0.4) is 0 Å². The van der Waals surface area contributed by atoms with E-state index in [1.54, 1.807) is 0 Å². The number of fused-ring (bicyclic) bond motifs is 1. The van der Waals surface area contributed by atoms with Gasteiger partial charge in [0.15, 0.2) is 0 Å². The summed E-state index contributed by atoms with van der Waals surface area (Å²) in [6.07, 6.45) is 3.67. The van der Waals surface area contributed by atoms with Crippen molar-refractivity contribution >= 4 is 21.6 Å². The molecule has 5 nitrogen and oxygen atoms in total. The summed E-state index contributed by atoms with van der Waals surface area (Å²) in [5.74, 6) is 0.297. The Kier molecular flexibility index (Phi) is 3.83. The molecule has 2 atom stereocenters. The number of β-amino-alcohol motifs (C(OH)–C–C–N with tert-alkyl or cyclic N) is 1. The molecule has 2 unspecified atom stereocenters. The molecule has 3 heterocycles. The first-order valence-corrected chi connectivity index (χ1v) is 7.24. The Bertz CT molecular complexity index is 571. The summed E-state index contributed by atoms with van der Waals surface area (Å²) in [5, 5.41) is 16.3. The van der Waals surface area contributed by atoms with Crippen molar-refractivity contribution in [3.05, 3.63) is 34.7 Å². The molecule has 0 bridgehead atoms. The van der Waals surface area contributed by atoms with Crippen LogP contribution in [0.1, 0.15) is 5.69 Å². The quantitative estimate of drug-likeness (QED) is 0.777. The van der Waals surface area contributed by atoms with Gasteiger partial charge in [0.1, 0.15) is 5.65 Å². The highest BCUT2D eigenvalue weighted by atomic mass is 79.9. The summed E-state index contributed by atoms with van der Waals surface area (Å²) < 4.78 is 3.11. The number of hydrogen-bond acceptors (Lipinski definition) is 4. The van der Waals surface area contributed by atoms with Gasteiger partial charge in [-0.3, -0.25) is 0 Å². The number of rotatable bonds is 4. The van der Waals surface area contributed by atoms with Crippen LogP contribution in [0.2, 0.25) is 0 Å². The van der Waals surface area contributed by atoms with Gasteiger partial charge in [-0.15, -0.1) is 0 Å². The number of hydrogen-bond donors (Lipinski definition) is 3. The monoisotopic (exact) mass is 324 g/mol. The van der Waals surface area contributed by atoms with Gasteiger partial charge in [0, 0.05) is 42.8 Å². The Labute approximate surface area is 120 Å². The minimum Gasteiger partial charge on any atom is -0.391 e. The van der Waals surface area contributed by atoms with E-state index in [4.69, 9.17) is 0 Å². The zero-order valence-corrected chi connectivity index (χ0v) is 12.1. The molecule has 3 rings (SSSR count). The first-order chi connectivity index (χ1) is 9.24. The molecule has 0 spiro atoms. The molecule has 1 aliphatic rings. The summed E-state index contributed by atoms with van der Waals surface area (Å²) in [6, 6.07) is 3.97. The highest BCUT2D eigenvalue weighted by Gasteiger charge is 2.24. The fourth-order valence-corrected chi connectivity index (χ4v) is 2.79. The third-order valence-electron chi connectivity index (χ3n) is 3.56. The number of aliphatic hydroxyl groups excluding tert-OH is 1. The second-order valence-electron chi connectivity index (χ2n) is 4.94. The fourth-order valence-electron chi connectivity index (χ4n) is 2.45. The average molecular weight is 325 g/mol. The van der Waals surface area contributed by atoms with E-state index in [2.05, 4.69) is 35.9 Å². The topological polar surface area (TPSA) is 61.6 Å². The Morgan fingerprint density at radius 3 is 3.16 bits per heavy atom. The molecule has 2 aromatic heterocycles. The van der Waals surface area contributed by atoms with Crippen molar-refractivity contribution in [1.29, 1.82) is 0 Å². The van der Waals surface area contributed by atoms with Gasteiger partial charge in [0.05, 0.1) is 18.0 Å². The van der Waals surface area contributed by atoms with E-state index in [9.17, 15) is 5.11 Å². The molecule has 0 aromatic carbocycles. The van der Waals surface area contributed by atoms with Gasteiger partial charge in [-0.05, 0) is 28.1 Å². The van der Waals surface area contributed by atoms with Crippen molar-refractivity contribution in [2.75, 3.05) is 19.6 Å². The molecule has 6 heteroatoms. The number of imidazole rings is 1. The lowest BCUT2D eigenvalue weighted by Gasteiger charge is -2.13. The van der Waals surface area contributed by atoms with Crippen molar-refractivity contribution in [2.24, 2.45) is 5.92 Å². The van der Waals surface area contributed by atoms with Gasteiger partial charge in [-0.2, -0.15) is 0 Å².